The Morgan fingerprint density at radius 3 is 2.64 bits per heavy atom. The second-order valence-corrected chi connectivity index (χ2v) is 6.97. The molecule has 11 heteroatoms. The highest BCUT2D eigenvalue weighted by Gasteiger charge is 2.51. The summed E-state index contributed by atoms with van der Waals surface area (Å²) in [5.41, 5.74) is -3.27. The van der Waals surface area contributed by atoms with Crippen LogP contribution in [0.1, 0.15) is 12.0 Å². The van der Waals surface area contributed by atoms with E-state index >= 15 is 0 Å². The minimum atomic E-state index is -4.63. The van der Waals surface area contributed by atoms with Crippen molar-refractivity contribution in [3.8, 4) is 0 Å². The first kappa shape index (κ1) is 17.1. The number of hydrogen-bond donors (Lipinski definition) is 5. The molecule has 1 aromatic rings. The third kappa shape index (κ3) is 3.22. The number of rotatable bonds is 4. The van der Waals surface area contributed by atoms with E-state index in [0.717, 1.165) is 10.8 Å². The number of nitrogens with one attached hydrogen (secondary N) is 1. The van der Waals surface area contributed by atoms with Gasteiger partial charge in [0.05, 0.1) is 18.9 Å². The van der Waals surface area contributed by atoms with Gasteiger partial charge in [-0.2, -0.15) is 0 Å². The van der Waals surface area contributed by atoms with Crippen LogP contribution in [0.25, 0.3) is 0 Å². The summed E-state index contributed by atoms with van der Waals surface area (Å²) in [6.07, 6.45) is -2.38. The van der Waals surface area contributed by atoms with Crippen LogP contribution in [-0.4, -0.2) is 54.5 Å². The maximum atomic E-state index is 12.0. The highest BCUT2D eigenvalue weighted by Crippen LogP contribution is 2.46. The van der Waals surface area contributed by atoms with E-state index in [9.17, 15) is 29.0 Å². The van der Waals surface area contributed by atoms with E-state index in [1.54, 1.807) is 0 Å². The van der Waals surface area contributed by atoms with Gasteiger partial charge in [-0.25, -0.2) is 4.79 Å². The minimum absolute atomic E-state index is 0.134. The summed E-state index contributed by atoms with van der Waals surface area (Å²) in [6.45, 7) is 0.829. The highest BCUT2D eigenvalue weighted by atomic mass is 31.2. The van der Waals surface area contributed by atoms with E-state index in [4.69, 9.17) is 9.84 Å². The van der Waals surface area contributed by atoms with Gasteiger partial charge >= 0.3 is 13.3 Å². The fraction of sp³-hybridized carbons (Fsp3) is 0.636. The van der Waals surface area contributed by atoms with Gasteiger partial charge in [-0.05, 0) is 6.92 Å². The molecule has 0 aliphatic carbocycles. The number of aromatic nitrogens is 2. The van der Waals surface area contributed by atoms with Crippen molar-refractivity contribution in [2.75, 3.05) is 12.8 Å². The second-order valence-electron chi connectivity index (χ2n) is 5.32. The number of H-pyrrole nitrogens is 1. The number of aliphatic hydroxyl groups is 2. The van der Waals surface area contributed by atoms with E-state index in [1.165, 1.54) is 6.92 Å². The first-order chi connectivity index (χ1) is 10.1. The smallest absolute Gasteiger partial charge is 0.330 e. The van der Waals surface area contributed by atoms with Gasteiger partial charge in [0.15, 0.2) is 5.72 Å². The molecule has 2 heterocycles. The van der Waals surface area contributed by atoms with Crippen LogP contribution in [0.3, 0.4) is 0 Å². The summed E-state index contributed by atoms with van der Waals surface area (Å²) in [4.78, 5) is 44.0. The average Bonchev–Trinajstić information content (AvgIpc) is 2.68. The van der Waals surface area contributed by atoms with Crippen molar-refractivity contribution in [1.29, 1.82) is 0 Å². The quantitative estimate of drug-likeness (QED) is 0.388. The Morgan fingerprint density at radius 1 is 1.50 bits per heavy atom. The van der Waals surface area contributed by atoms with Crippen LogP contribution >= 0.6 is 7.60 Å². The molecule has 124 valence electrons. The molecule has 0 spiro atoms. The summed E-state index contributed by atoms with van der Waals surface area (Å²) in [5.74, 6) is 0. The Hall–Kier alpha value is -1.29. The fourth-order valence-electron chi connectivity index (χ4n) is 2.55. The Bertz CT molecular complexity index is 722. The monoisotopic (exact) mass is 336 g/mol. The van der Waals surface area contributed by atoms with Gasteiger partial charge in [-0.1, -0.05) is 0 Å². The van der Waals surface area contributed by atoms with Gasteiger partial charge in [0.25, 0.3) is 5.56 Å². The van der Waals surface area contributed by atoms with Gasteiger partial charge in [-0.15, -0.1) is 0 Å². The number of hydrogen-bond acceptors (Lipinski definition) is 6. The van der Waals surface area contributed by atoms with Crippen LogP contribution in [0.5, 0.6) is 0 Å². The summed E-state index contributed by atoms with van der Waals surface area (Å²) in [6, 6.07) is 0. The maximum Gasteiger partial charge on any atom is 0.330 e. The second kappa shape index (κ2) is 5.73. The van der Waals surface area contributed by atoms with Gasteiger partial charge < -0.3 is 24.7 Å². The normalized spacial score (nSPS) is 29.0. The Kier molecular flexibility index (Phi) is 4.44. The lowest BCUT2D eigenvalue weighted by molar-refractivity contribution is -0.107. The molecule has 0 radical (unpaired) electrons. The van der Waals surface area contributed by atoms with Crippen LogP contribution in [0, 0.1) is 6.92 Å². The standard InChI is InChI=1S/C11H17N2O8P/c1-6-3-13(10(17)12-9(6)16)11(5-22(18,19)20)2-7(15)8(4-14)21-11/h3,7-8,14-15H,2,4-5H2,1H3,(H,12,16,17)(H2,18,19,20)/t7-,8+,11?/m0/s1. The average molecular weight is 336 g/mol. The summed E-state index contributed by atoms with van der Waals surface area (Å²) in [7, 11) is -4.63. The Balaban J connectivity index is 2.61. The lowest BCUT2D eigenvalue weighted by atomic mass is 10.1. The number of nitrogens with zero attached hydrogens (tertiary/aromatic N) is 1. The van der Waals surface area contributed by atoms with Crippen LogP contribution in [0.2, 0.25) is 0 Å². The molecule has 22 heavy (non-hydrogen) atoms. The molecule has 1 aliphatic heterocycles. The number of aryl methyl sites for hydroxylation is 1. The van der Waals surface area contributed by atoms with Crippen molar-refractivity contribution in [1.82, 2.24) is 9.55 Å². The molecule has 0 bridgehead atoms. The number of aliphatic hydroxyl groups excluding tert-OH is 2. The number of aromatic amines is 1. The zero-order valence-electron chi connectivity index (χ0n) is 11.7. The van der Waals surface area contributed by atoms with Crippen molar-refractivity contribution in [3.63, 3.8) is 0 Å². The van der Waals surface area contributed by atoms with Crippen LogP contribution in [-0.2, 0) is 15.0 Å². The molecular formula is C11H17N2O8P. The van der Waals surface area contributed by atoms with Gasteiger partial charge in [0.1, 0.15) is 6.10 Å². The Morgan fingerprint density at radius 2 is 2.14 bits per heavy atom. The van der Waals surface area contributed by atoms with E-state index in [0.29, 0.717) is 0 Å². The molecule has 10 nitrogen and oxygen atoms in total. The molecule has 2 rings (SSSR count). The van der Waals surface area contributed by atoms with Gasteiger partial charge in [-0.3, -0.25) is 18.9 Å². The Labute approximate surface area is 124 Å². The lowest BCUT2D eigenvalue weighted by Crippen LogP contribution is -2.47. The van der Waals surface area contributed by atoms with Crippen molar-refractivity contribution >= 4 is 7.60 Å². The zero-order chi connectivity index (χ0) is 16.7. The van der Waals surface area contributed by atoms with Crippen LogP contribution in [0.4, 0.5) is 0 Å². The lowest BCUT2D eigenvalue weighted by Gasteiger charge is -2.31. The molecule has 1 saturated heterocycles. The molecule has 0 aromatic carbocycles. The minimum Gasteiger partial charge on any atom is -0.394 e. The van der Waals surface area contributed by atoms with Crippen LogP contribution in [0.15, 0.2) is 15.8 Å². The molecule has 3 atom stereocenters. The van der Waals surface area contributed by atoms with Crippen molar-refractivity contribution in [3.05, 3.63) is 32.6 Å². The third-order valence-electron chi connectivity index (χ3n) is 3.52. The topological polar surface area (TPSA) is 162 Å². The van der Waals surface area contributed by atoms with Crippen LogP contribution < -0.4 is 11.2 Å². The molecule has 0 amide bonds. The summed E-state index contributed by atoms with van der Waals surface area (Å²) < 4.78 is 17.7. The maximum absolute atomic E-state index is 12.0. The predicted molar refractivity (Wildman–Crippen MR) is 73.5 cm³/mol. The molecule has 1 aliphatic rings. The molecule has 5 N–H and O–H groups in total. The molecular weight excluding hydrogens is 319 g/mol. The molecule has 1 aromatic heterocycles. The largest absolute Gasteiger partial charge is 0.394 e. The molecule has 0 saturated carbocycles. The summed E-state index contributed by atoms with van der Waals surface area (Å²) >= 11 is 0. The fourth-order valence-corrected chi connectivity index (χ4v) is 3.55. The van der Waals surface area contributed by atoms with E-state index in [1.807, 2.05) is 4.98 Å². The van der Waals surface area contributed by atoms with Crippen molar-refractivity contribution in [2.24, 2.45) is 0 Å². The van der Waals surface area contributed by atoms with Gasteiger partial charge in [0, 0.05) is 18.2 Å². The third-order valence-corrected chi connectivity index (χ3v) is 4.43. The van der Waals surface area contributed by atoms with E-state index in [-0.39, 0.29) is 12.0 Å². The van der Waals surface area contributed by atoms with E-state index < -0.39 is 49.5 Å². The molecule has 1 unspecified atom stereocenters. The SMILES string of the molecule is Cc1cn(C2(CP(=O)(O)O)C[C@H](O)[C@@H](CO)O2)c(=O)[nH]c1=O. The molecule has 1 fully saturated rings. The zero-order valence-corrected chi connectivity index (χ0v) is 12.6. The van der Waals surface area contributed by atoms with Gasteiger partial charge in [0.2, 0.25) is 0 Å². The van der Waals surface area contributed by atoms with Crippen molar-refractivity contribution in [2.45, 2.75) is 31.3 Å². The number of ether oxygens (including phenoxy) is 1. The van der Waals surface area contributed by atoms with E-state index in [2.05, 4.69) is 0 Å². The van der Waals surface area contributed by atoms with Crippen molar-refractivity contribution < 1.29 is 29.3 Å². The first-order valence-corrected chi connectivity index (χ1v) is 8.22. The highest BCUT2D eigenvalue weighted by molar-refractivity contribution is 7.51. The predicted octanol–water partition coefficient (Wildman–Crippen LogP) is -2.18. The first-order valence-electron chi connectivity index (χ1n) is 6.42. The summed E-state index contributed by atoms with van der Waals surface area (Å²) in [5, 5.41) is 19.0.